The molecule has 3 aromatic carbocycles. The Morgan fingerprint density at radius 3 is 1.96 bits per heavy atom. The zero-order chi connectivity index (χ0) is 17.2. The summed E-state index contributed by atoms with van der Waals surface area (Å²) in [6.07, 6.45) is 0. The van der Waals surface area contributed by atoms with Gasteiger partial charge < -0.3 is 19.7 Å². The number of benzene rings is 3. The van der Waals surface area contributed by atoms with E-state index in [-0.39, 0.29) is 34.6 Å². The van der Waals surface area contributed by atoms with Crippen LogP contribution in [0.4, 0.5) is 0 Å². The van der Waals surface area contributed by atoms with E-state index in [2.05, 4.69) is 0 Å². The molecule has 0 bridgehead atoms. The van der Waals surface area contributed by atoms with Gasteiger partial charge in [-0.1, -0.05) is 18.2 Å². The maximum Gasteiger partial charge on any atom is 0.340 e. The molecule has 2 aliphatic rings. The molecule has 0 atom stereocenters. The molecule has 0 fully saturated rings. The van der Waals surface area contributed by atoms with Crippen LogP contribution in [-0.2, 0) is 10.3 Å². The fourth-order valence-corrected chi connectivity index (χ4v) is 3.65. The van der Waals surface area contributed by atoms with E-state index in [0.717, 1.165) is 0 Å². The Bertz CT molecular complexity index is 1010. The summed E-state index contributed by atoms with van der Waals surface area (Å²) in [6.45, 7) is 0. The molecule has 0 amide bonds. The third-order valence-electron chi connectivity index (χ3n) is 4.68. The first-order valence-corrected chi connectivity index (χ1v) is 7.77. The Labute approximate surface area is 165 Å². The summed E-state index contributed by atoms with van der Waals surface area (Å²) in [5, 5.41) is 19.7. The van der Waals surface area contributed by atoms with Crippen LogP contribution in [0.25, 0.3) is 0 Å². The normalized spacial score (nSPS) is 15.2. The molecular weight excluding hydrogens is 345 g/mol. The highest BCUT2D eigenvalue weighted by Gasteiger charge is 2.53. The van der Waals surface area contributed by atoms with Gasteiger partial charge in [0.1, 0.15) is 23.0 Å². The number of phenolic OH excluding ortho intramolecular Hbond substituents is 2. The highest BCUT2D eigenvalue weighted by atomic mass is 24.3. The van der Waals surface area contributed by atoms with Crippen molar-refractivity contribution < 1.29 is 24.5 Å². The summed E-state index contributed by atoms with van der Waals surface area (Å²) in [4.78, 5) is 12.5. The minimum atomic E-state index is -1.17. The number of esters is 1. The molecule has 6 heteroatoms. The second kappa shape index (κ2) is 5.65. The summed E-state index contributed by atoms with van der Waals surface area (Å²) in [5.41, 5.74) is 1.28. The van der Waals surface area contributed by atoms with Crippen LogP contribution < -0.4 is 4.74 Å². The van der Waals surface area contributed by atoms with Gasteiger partial charge in [0.15, 0.2) is 5.60 Å². The number of rotatable bonds is 0. The third-order valence-corrected chi connectivity index (χ3v) is 4.68. The molecule has 2 aliphatic heterocycles. The Kier molecular flexibility index (Phi) is 3.64. The molecule has 126 valence electrons. The van der Waals surface area contributed by atoms with Gasteiger partial charge in [0, 0.05) is 28.8 Å². The van der Waals surface area contributed by atoms with Crippen molar-refractivity contribution in [3.05, 3.63) is 82.9 Å². The monoisotopic (exact) mass is 358 g/mol. The maximum absolute atomic E-state index is 12.5. The van der Waals surface area contributed by atoms with Gasteiger partial charge in [0.25, 0.3) is 0 Å². The van der Waals surface area contributed by atoms with Crippen molar-refractivity contribution in [2.45, 2.75) is 5.60 Å². The zero-order valence-electron chi connectivity index (χ0n) is 12.9. The van der Waals surface area contributed by atoms with Crippen molar-refractivity contribution in [1.29, 1.82) is 0 Å². The predicted octanol–water partition coefficient (Wildman–Crippen LogP) is 2.75. The number of aromatic hydroxyl groups is 2. The minimum absolute atomic E-state index is 0. The van der Waals surface area contributed by atoms with Gasteiger partial charge in [-0.2, -0.15) is 0 Å². The quantitative estimate of drug-likeness (QED) is 0.477. The van der Waals surface area contributed by atoms with E-state index >= 15 is 0 Å². The standard InChI is InChI=1S/C20H12O5.Mg.2H/c21-11-5-7-15-17(9-11)24-18-10-12(22)6-8-16(18)20(15)14-4-2-1-3-13(14)19(23)25-20;;;/h1-10,21-22H;;;. The summed E-state index contributed by atoms with van der Waals surface area (Å²) >= 11 is 0. The van der Waals surface area contributed by atoms with Crippen molar-refractivity contribution >= 4 is 29.0 Å². The van der Waals surface area contributed by atoms with Crippen molar-refractivity contribution in [2.75, 3.05) is 0 Å². The molecule has 3 aromatic rings. The number of hydrogen-bond acceptors (Lipinski definition) is 5. The Hall–Kier alpha value is -2.70. The van der Waals surface area contributed by atoms with E-state index in [1.807, 2.05) is 12.1 Å². The lowest BCUT2D eigenvalue weighted by Crippen LogP contribution is -2.32. The average molecular weight is 359 g/mol. The molecule has 5 rings (SSSR count). The minimum Gasteiger partial charge on any atom is -0.508 e. The number of phenols is 2. The lowest BCUT2D eigenvalue weighted by atomic mass is 9.77. The van der Waals surface area contributed by atoms with Crippen LogP contribution in [0.1, 0.15) is 27.0 Å². The second-order valence-electron chi connectivity index (χ2n) is 6.08. The Morgan fingerprint density at radius 1 is 0.769 bits per heavy atom. The van der Waals surface area contributed by atoms with Crippen molar-refractivity contribution in [2.24, 2.45) is 0 Å². The zero-order valence-corrected chi connectivity index (χ0v) is 12.9. The van der Waals surface area contributed by atoms with Crippen LogP contribution in [0, 0.1) is 0 Å². The molecule has 2 heterocycles. The van der Waals surface area contributed by atoms with Crippen LogP contribution in [0.5, 0.6) is 23.0 Å². The van der Waals surface area contributed by atoms with Crippen molar-refractivity contribution in [3.63, 3.8) is 0 Å². The molecule has 0 saturated heterocycles. The number of fused-ring (bicyclic) bond motifs is 6. The highest BCUT2D eigenvalue weighted by Crippen LogP contribution is 2.56. The van der Waals surface area contributed by atoms with Crippen LogP contribution in [0.3, 0.4) is 0 Å². The fraction of sp³-hybridized carbons (Fsp3) is 0.0500. The van der Waals surface area contributed by atoms with Gasteiger partial charge in [-0.3, -0.25) is 0 Å². The van der Waals surface area contributed by atoms with Crippen LogP contribution in [0.15, 0.2) is 60.7 Å². The first kappa shape index (κ1) is 16.7. The smallest absolute Gasteiger partial charge is 0.340 e. The number of hydrogen-bond donors (Lipinski definition) is 2. The third kappa shape index (κ3) is 2.06. The Balaban J connectivity index is 0.00000168. The highest BCUT2D eigenvalue weighted by molar-refractivity contribution is 5.97. The number of carbonyl (C=O) groups is 1. The lowest BCUT2D eigenvalue weighted by molar-refractivity contribution is 0.0224. The first-order chi connectivity index (χ1) is 12.1. The van der Waals surface area contributed by atoms with Crippen LogP contribution in [0.2, 0.25) is 0 Å². The SMILES string of the molecule is O=C1OC2(c3ccc(O)cc3Oc3cc(O)ccc32)c2ccccc21.[MgH2]. The predicted molar refractivity (Wildman–Crippen MR) is 96.6 cm³/mol. The summed E-state index contributed by atoms with van der Waals surface area (Å²) in [7, 11) is 0. The molecule has 1 spiro atoms. The van der Waals surface area contributed by atoms with Gasteiger partial charge in [-0.05, 0) is 30.3 Å². The summed E-state index contributed by atoms with van der Waals surface area (Å²) < 4.78 is 11.8. The molecule has 0 unspecified atom stereocenters. The molecule has 0 radical (unpaired) electrons. The van der Waals surface area contributed by atoms with E-state index in [4.69, 9.17) is 9.47 Å². The maximum atomic E-state index is 12.5. The van der Waals surface area contributed by atoms with Crippen molar-refractivity contribution in [1.82, 2.24) is 0 Å². The van der Waals surface area contributed by atoms with E-state index in [1.54, 1.807) is 24.3 Å². The first-order valence-electron chi connectivity index (χ1n) is 7.77. The van der Waals surface area contributed by atoms with E-state index in [0.29, 0.717) is 33.8 Å². The Morgan fingerprint density at radius 2 is 1.35 bits per heavy atom. The topological polar surface area (TPSA) is 76.0 Å². The van der Waals surface area contributed by atoms with E-state index < -0.39 is 11.6 Å². The summed E-state index contributed by atoms with van der Waals surface area (Å²) in [6, 6.07) is 16.6. The second-order valence-corrected chi connectivity index (χ2v) is 6.08. The van der Waals surface area contributed by atoms with Crippen LogP contribution >= 0.6 is 0 Å². The molecule has 26 heavy (non-hydrogen) atoms. The van der Waals surface area contributed by atoms with Crippen molar-refractivity contribution in [3.8, 4) is 23.0 Å². The van der Waals surface area contributed by atoms with E-state index in [1.165, 1.54) is 24.3 Å². The van der Waals surface area contributed by atoms with Gasteiger partial charge in [0.2, 0.25) is 0 Å². The van der Waals surface area contributed by atoms with Gasteiger partial charge >= 0.3 is 29.0 Å². The molecule has 0 aliphatic carbocycles. The van der Waals surface area contributed by atoms with Crippen LogP contribution in [-0.4, -0.2) is 39.2 Å². The summed E-state index contributed by atoms with van der Waals surface area (Å²) in [5.74, 6) is 0.408. The van der Waals surface area contributed by atoms with Gasteiger partial charge in [-0.15, -0.1) is 0 Å². The van der Waals surface area contributed by atoms with Gasteiger partial charge in [-0.25, -0.2) is 4.79 Å². The molecule has 5 nitrogen and oxygen atoms in total. The van der Waals surface area contributed by atoms with E-state index in [9.17, 15) is 15.0 Å². The van der Waals surface area contributed by atoms with Gasteiger partial charge in [0.05, 0.1) is 5.56 Å². The largest absolute Gasteiger partial charge is 0.508 e. The fourth-order valence-electron chi connectivity index (χ4n) is 3.65. The molecule has 0 aromatic heterocycles. The number of carbonyl (C=O) groups excluding carboxylic acids is 1. The lowest BCUT2D eigenvalue weighted by Gasteiger charge is -2.36. The molecule has 2 N–H and O–H groups in total. The molecule has 0 saturated carbocycles. The number of ether oxygens (including phenoxy) is 2. The average Bonchev–Trinajstić information content (AvgIpc) is 2.88. The molecular formula is C20H14MgO5.